The van der Waals surface area contributed by atoms with E-state index in [-0.39, 0.29) is 58.3 Å². The maximum atomic E-state index is 15.5. The highest BCUT2D eigenvalue weighted by Crippen LogP contribution is 2.45. The molecule has 5 N–H and O–H groups in total. The summed E-state index contributed by atoms with van der Waals surface area (Å²) in [5.74, 6) is -2.87. The zero-order valence-corrected chi connectivity index (χ0v) is 51.7. The lowest BCUT2D eigenvalue weighted by atomic mass is 9.82. The molecule has 490 valence electrons. The number of nitrogens with one attached hydrogen (secondary N) is 5. The number of cyclic esters (lactones) is 1. The average molecular weight is 1250 g/mol. The Labute approximate surface area is 519 Å². The molecule has 0 saturated heterocycles. The summed E-state index contributed by atoms with van der Waals surface area (Å²) in [5.41, 5.74) is 6.55. The van der Waals surface area contributed by atoms with E-state index in [0.29, 0.717) is 182 Å². The van der Waals surface area contributed by atoms with Crippen molar-refractivity contribution in [2.24, 2.45) is 5.92 Å². The average Bonchev–Trinajstić information content (AvgIpc) is 1.97. The third-order valence-corrected chi connectivity index (χ3v) is 14.7. The van der Waals surface area contributed by atoms with E-state index in [2.05, 4.69) is 33.5 Å². The molecule has 3 aromatic rings. The predicted octanol–water partition coefficient (Wildman–Crippen LogP) is 4.82. The highest BCUT2D eigenvalue weighted by molar-refractivity contribution is 5.98. The lowest BCUT2D eigenvalue weighted by molar-refractivity contribution is -0.147. The van der Waals surface area contributed by atoms with Crippen LogP contribution in [-0.4, -0.2) is 197 Å². The second-order valence-electron chi connectivity index (χ2n) is 21.1. The molecule has 25 nitrogen and oxygen atoms in total. The third kappa shape index (κ3) is 23.4. The van der Waals surface area contributed by atoms with Crippen LogP contribution in [0.25, 0.3) is 16.6 Å². The minimum absolute atomic E-state index is 0.0115. The quantitative estimate of drug-likeness (QED) is 0.0288. The van der Waals surface area contributed by atoms with Crippen molar-refractivity contribution in [3.05, 3.63) is 86.9 Å². The van der Waals surface area contributed by atoms with Crippen molar-refractivity contribution in [1.29, 1.82) is 0 Å². The Bertz CT molecular complexity index is 2840. The molecule has 6 amide bonds. The lowest BCUT2D eigenvalue weighted by Gasteiger charge is -2.29. The first-order valence-corrected chi connectivity index (χ1v) is 30.6. The van der Waals surface area contributed by atoms with Crippen LogP contribution in [0.15, 0.2) is 47.6 Å². The number of aromatic nitrogens is 1. The summed E-state index contributed by atoms with van der Waals surface area (Å²) in [4.78, 5) is 95.4. The molecule has 0 spiro atoms. The zero-order chi connectivity index (χ0) is 63.6. The van der Waals surface area contributed by atoms with Crippen LogP contribution in [0.4, 0.5) is 14.9 Å². The second kappa shape index (κ2) is 39.9. The molecule has 26 heteroatoms. The van der Waals surface area contributed by atoms with Gasteiger partial charge in [-0.05, 0) is 104 Å². The molecule has 89 heavy (non-hydrogen) atoms. The molecular formula is C63H88FN7O18. The van der Waals surface area contributed by atoms with Crippen molar-refractivity contribution in [2.75, 3.05) is 144 Å². The van der Waals surface area contributed by atoms with Gasteiger partial charge in [0, 0.05) is 42.3 Å². The molecule has 1 aromatic heterocycles. The number of allylic oxidation sites excluding steroid dienone is 1. The van der Waals surface area contributed by atoms with Crippen molar-refractivity contribution in [2.45, 2.75) is 97.9 Å². The molecule has 6 rings (SSSR count). The summed E-state index contributed by atoms with van der Waals surface area (Å²) in [6.45, 7) is 15.4. The molecule has 3 atom stereocenters. The minimum atomic E-state index is -1.02. The normalized spacial score (nSPS) is 16.0. The molecule has 0 bridgehead atoms. The number of nitrogens with zero attached hydrogens (tertiary/aromatic N) is 2. The fourth-order valence-electron chi connectivity index (χ4n) is 10.1. The van der Waals surface area contributed by atoms with Crippen molar-refractivity contribution >= 4 is 64.9 Å². The van der Waals surface area contributed by atoms with Crippen LogP contribution in [-0.2, 0) is 100 Å². The Hall–Kier alpha value is -7.01. The topological polar surface area (TPSA) is 297 Å². The number of alkyl carbamates (subject to hydrolysis) is 1. The van der Waals surface area contributed by atoms with Crippen LogP contribution in [0, 0.1) is 18.7 Å². The number of halogens is 1. The van der Waals surface area contributed by atoms with Gasteiger partial charge in [0.1, 0.15) is 25.1 Å². The molecule has 2 aromatic carbocycles. The molecule has 0 radical (unpaired) electrons. The number of anilines is 1. The Morgan fingerprint density at radius 3 is 1.92 bits per heavy atom. The largest absolute Gasteiger partial charge is 0.461 e. The summed E-state index contributed by atoms with van der Waals surface area (Å²) in [5, 5.41) is 14.3. The minimum Gasteiger partial charge on any atom is -0.461 e. The van der Waals surface area contributed by atoms with Gasteiger partial charge in [0.05, 0.1) is 154 Å². The van der Waals surface area contributed by atoms with Gasteiger partial charge in [0.15, 0.2) is 0 Å². The predicted molar refractivity (Wildman–Crippen MR) is 323 cm³/mol. The van der Waals surface area contributed by atoms with Gasteiger partial charge in [-0.1, -0.05) is 26.0 Å². The number of carbonyl (C=O) groups excluding carboxylic acids is 7. The molecule has 2 aliphatic heterocycles. The monoisotopic (exact) mass is 1250 g/mol. The van der Waals surface area contributed by atoms with Crippen LogP contribution >= 0.6 is 0 Å². The Morgan fingerprint density at radius 1 is 0.775 bits per heavy atom. The van der Waals surface area contributed by atoms with Gasteiger partial charge in [0.25, 0.3) is 0 Å². The second-order valence-corrected chi connectivity index (χ2v) is 21.1. The number of hydrogen-bond acceptors (Lipinski definition) is 19. The van der Waals surface area contributed by atoms with Gasteiger partial charge in [-0.2, -0.15) is 0 Å². The van der Waals surface area contributed by atoms with E-state index in [0.717, 1.165) is 35.3 Å². The molecule has 3 heterocycles. The van der Waals surface area contributed by atoms with E-state index in [1.807, 2.05) is 13.8 Å². The van der Waals surface area contributed by atoms with Gasteiger partial charge in [-0.3, -0.25) is 28.8 Å². The van der Waals surface area contributed by atoms with Gasteiger partial charge in [-0.25, -0.2) is 14.2 Å². The van der Waals surface area contributed by atoms with Crippen molar-refractivity contribution in [3.8, 4) is 0 Å². The third-order valence-electron chi connectivity index (χ3n) is 14.7. The first kappa shape index (κ1) is 71.1. The number of amides is 6. The number of esters is 1. The summed E-state index contributed by atoms with van der Waals surface area (Å²) in [6.07, 6.45) is 5.18. The van der Waals surface area contributed by atoms with Gasteiger partial charge < -0.3 is 83.6 Å². The maximum Gasteiger partial charge on any atom is 0.407 e. The number of fused-ring (bicyclic) bond motifs is 2. The summed E-state index contributed by atoms with van der Waals surface area (Å²) in [7, 11) is 0. The number of carbonyl (C=O) groups is 7. The van der Waals surface area contributed by atoms with Crippen molar-refractivity contribution in [3.63, 3.8) is 0 Å². The number of aryl methyl sites for hydroxylation is 1. The number of ether oxygens (including phenoxy) is 11. The number of hydrogen-bond donors (Lipinski definition) is 5. The van der Waals surface area contributed by atoms with Crippen LogP contribution in [0.3, 0.4) is 0 Å². The fraction of sp³-hybridized carbons (Fsp3) is 0.587. The first-order chi connectivity index (χ1) is 43.4. The highest BCUT2D eigenvalue weighted by atomic mass is 19.1. The number of rotatable bonds is 45. The number of benzene rings is 2. The Morgan fingerprint density at radius 2 is 1.36 bits per heavy atom. The smallest absolute Gasteiger partial charge is 0.407 e. The molecular weight excluding hydrogens is 1160 g/mol. The van der Waals surface area contributed by atoms with Crippen LogP contribution in [0.5, 0.6) is 0 Å². The van der Waals surface area contributed by atoms with Gasteiger partial charge >= 0.3 is 12.1 Å². The zero-order valence-electron chi connectivity index (χ0n) is 51.7. The van der Waals surface area contributed by atoms with E-state index in [4.69, 9.17) is 57.1 Å². The van der Waals surface area contributed by atoms with Crippen LogP contribution < -0.4 is 26.6 Å². The fourth-order valence-corrected chi connectivity index (χ4v) is 10.1. The van der Waals surface area contributed by atoms with E-state index in [9.17, 15) is 33.6 Å². The highest BCUT2D eigenvalue weighted by Gasteiger charge is 2.38. The molecule has 3 aliphatic rings. The van der Waals surface area contributed by atoms with E-state index in [1.165, 1.54) is 11.0 Å². The van der Waals surface area contributed by atoms with E-state index >= 15 is 4.39 Å². The van der Waals surface area contributed by atoms with Crippen molar-refractivity contribution in [1.82, 2.24) is 31.2 Å². The molecule has 0 fully saturated rings. The summed E-state index contributed by atoms with van der Waals surface area (Å²) < 4.78 is 75.8. The van der Waals surface area contributed by atoms with Gasteiger partial charge in [-0.15, -0.1) is 0 Å². The Kier molecular flexibility index (Phi) is 31.8. The molecule has 1 aliphatic carbocycles. The van der Waals surface area contributed by atoms with Crippen molar-refractivity contribution < 1.29 is 90.1 Å². The maximum absolute atomic E-state index is 15.5. The molecule has 3 unspecified atom stereocenters. The van der Waals surface area contributed by atoms with E-state index in [1.54, 1.807) is 37.3 Å². The summed E-state index contributed by atoms with van der Waals surface area (Å²) >= 11 is 0. The Balaban J connectivity index is 0.846. The standard InChI is InChI=1S/C63H88FN7O18/c1-5-17-79-19-21-81-23-25-83-27-29-85-31-33-87-34-32-86-30-28-84-26-24-82-22-20-80-18-15-56(74)66-37-57(75)68-53(8-7-16-65-41-72)61(76)67-46-11-9-45(10-12-46)40-89-63(78)70-52-14-13-48-44(4)51(64)36-54-58(48)59(52)50-38-71(42-73)55(60(50)69-54)35-49-43(3)39-88-62(77)47(49)6-2/h9-12,35-36,41-42,47,52-53H,5-8,13-34,37-40H2,1-4H3,(H,65,72)(H,66,74)(H,67,76)(H,68,75)(H,70,78)/b55-35-. The molecule has 0 saturated carbocycles. The SMILES string of the molecule is CCCOCCOCCOCCOCCOCCOCCOCCOCCOCCC(=O)NCC(=O)NC(CCCNC=O)C(=O)Nc1ccc(COC(=O)NC2CCc3c(C)c(F)cc4nc5c(c2c34)CN(C=O)/C5=C\C2=C(C)COC(=O)C2CC)cc1. The van der Waals surface area contributed by atoms with Crippen LogP contribution in [0.2, 0.25) is 0 Å². The van der Waals surface area contributed by atoms with E-state index < -0.39 is 54.2 Å². The van der Waals surface area contributed by atoms with Crippen LogP contribution in [0.1, 0.15) is 98.8 Å². The van der Waals surface area contributed by atoms with Gasteiger partial charge in [0.2, 0.25) is 30.5 Å². The number of pyridine rings is 1. The lowest BCUT2D eigenvalue weighted by Crippen LogP contribution is -2.47. The summed E-state index contributed by atoms with van der Waals surface area (Å²) in [6, 6.07) is 6.33. The first-order valence-electron chi connectivity index (χ1n) is 30.6.